The summed E-state index contributed by atoms with van der Waals surface area (Å²) >= 11 is 0. The van der Waals surface area contributed by atoms with Crippen molar-refractivity contribution in [2.45, 2.75) is 32.0 Å². The van der Waals surface area contributed by atoms with E-state index in [1.54, 1.807) is 19.9 Å². The summed E-state index contributed by atoms with van der Waals surface area (Å²) in [6.07, 6.45) is -3.45. The molecule has 1 fully saturated rings. The highest BCUT2D eigenvalue weighted by Crippen LogP contribution is 2.31. The Labute approximate surface area is 139 Å². The normalized spacial score (nSPS) is 18.6. The quantitative estimate of drug-likeness (QED) is 0.834. The number of rotatable bonds is 6. The number of halogens is 3. The van der Waals surface area contributed by atoms with Crippen LogP contribution in [0.25, 0.3) is 0 Å². The highest BCUT2D eigenvalue weighted by molar-refractivity contribution is 5.78. The van der Waals surface area contributed by atoms with Gasteiger partial charge in [-0.1, -0.05) is 12.1 Å². The summed E-state index contributed by atoms with van der Waals surface area (Å²) < 4.78 is 43.7. The van der Waals surface area contributed by atoms with E-state index in [0.717, 1.165) is 25.2 Å². The first-order valence-electron chi connectivity index (χ1n) is 7.96. The summed E-state index contributed by atoms with van der Waals surface area (Å²) in [6.45, 7) is 5.48. The third kappa shape index (κ3) is 5.21. The Morgan fingerprint density at radius 3 is 2.62 bits per heavy atom. The smallest absolute Gasteiger partial charge is 0.381 e. The van der Waals surface area contributed by atoms with Gasteiger partial charge in [0.2, 0.25) is 5.91 Å². The van der Waals surface area contributed by atoms with Gasteiger partial charge in [0.25, 0.3) is 0 Å². The van der Waals surface area contributed by atoms with Crippen molar-refractivity contribution in [1.82, 2.24) is 10.6 Å². The highest BCUT2D eigenvalue weighted by atomic mass is 19.4. The van der Waals surface area contributed by atoms with Crippen LogP contribution in [0.4, 0.5) is 13.2 Å². The zero-order chi connectivity index (χ0) is 17.8. The number of carbonyl (C=O) groups excluding carboxylic acids is 1. The fourth-order valence-electron chi connectivity index (χ4n) is 2.55. The van der Waals surface area contributed by atoms with Crippen LogP contribution in [0, 0.1) is 5.92 Å². The summed E-state index contributed by atoms with van der Waals surface area (Å²) in [4.78, 5) is 11.9. The lowest BCUT2D eigenvalue weighted by atomic mass is 9.92. The number of carbonyl (C=O) groups is 1. The van der Waals surface area contributed by atoms with E-state index in [2.05, 4.69) is 10.6 Å². The molecule has 1 unspecified atom stereocenters. The number of amides is 1. The molecule has 0 spiro atoms. The molecule has 7 heteroatoms. The van der Waals surface area contributed by atoms with Gasteiger partial charge in [-0.2, -0.15) is 13.2 Å². The van der Waals surface area contributed by atoms with E-state index >= 15 is 0 Å². The zero-order valence-electron chi connectivity index (χ0n) is 13.9. The molecule has 2 rings (SSSR count). The van der Waals surface area contributed by atoms with Crippen molar-refractivity contribution in [3.8, 4) is 0 Å². The minimum atomic E-state index is -4.38. The summed E-state index contributed by atoms with van der Waals surface area (Å²) in [5, 5.41) is 5.84. The van der Waals surface area contributed by atoms with E-state index in [0.29, 0.717) is 24.6 Å². The Morgan fingerprint density at radius 1 is 1.29 bits per heavy atom. The maximum atomic E-state index is 12.8. The number of benzene rings is 1. The minimum absolute atomic E-state index is 0.0385. The second-order valence-electron chi connectivity index (χ2n) is 6.59. The SMILES string of the molecule is CC(C)(NCC(=O)NCC1CCOC1)c1cccc(C(F)(F)F)c1. The fraction of sp³-hybridized carbons (Fsp3) is 0.588. The largest absolute Gasteiger partial charge is 0.416 e. The van der Waals surface area contributed by atoms with Gasteiger partial charge < -0.3 is 10.1 Å². The van der Waals surface area contributed by atoms with Crippen molar-refractivity contribution in [1.29, 1.82) is 0 Å². The second-order valence-corrected chi connectivity index (χ2v) is 6.59. The van der Waals surface area contributed by atoms with Crippen LogP contribution in [0.3, 0.4) is 0 Å². The summed E-state index contributed by atoms with van der Waals surface area (Å²) in [7, 11) is 0. The first-order valence-corrected chi connectivity index (χ1v) is 7.96. The molecule has 24 heavy (non-hydrogen) atoms. The summed E-state index contributed by atoms with van der Waals surface area (Å²) in [5.74, 6) is 0.160. The van der Waals surface area contributed by atoms with Crippen molar-refractivity contribution in [3.63, 3.8) is 0 Å². The number of hydrogen-bond acceptors (Lipinski definition) is 3. The molecular formula is C17H23F3N2O2. The maximum absolute atomic E-state index is 12.8. The van der Waals surface area contributed by atoms with Gasteiger partial charge in [-0.15, -0.1) is 0 Å². The Morgan fingerprint density at radius 2 is 2.00 bits per heavy atom. The molecule has 2 N–H and O–H groups in total. The predicted molar refractivity (Wildman–Crippen MR) is 84.4 cm³/mol. The van der Waals surface area contributed by atoms with Crippen LogP contribution in [-0.2, 0) is 21.2 Å². The number of hydrogen-bond donors (Lipinski definition) is 2. The molecule has 1 aromatic carbocycles. The standard InChI is InChI=1S/C17H23F3N2O2/c1-16(2,13-4-3-5-14(8-13)17(18,19)20)22-10-15(23)21-9-12-6-7-24-11-12/h3-5,8,12,22H,6-7,9-11H2,1-2H3,(H,21,23). The van der Waals surface area contributed by atoms with Gasteiger partial charge in [0.05, 0.1) is 18.7 Å². The van der Waals surface area contributed by atoms with Gasteiger partial charge in [0.15, 0.2) is 0 Å². The zero-order valence-corrected chi connectivity index (χ0v) is 13.9. The summed E-state index contributed by atoms with van der Waals surface area (Å²) in [5.41, 5.74) is -0.968. The predicted octanol–water partition coefficient (Wildman–Crippen LogP) is 2.68. The molecular weight excluding hydrogens is 321 g/mol. The van der Waals surface area contributed by atoms with Gasteiger partial charge in [-0.05, 0) is 38.0 Å². The van der Waals surface area contributed by atoms with E-state index in [1.165, 1.54) is 6.07 Å². The van der Waals surface area contributed by atoms with Crippen molar-refractivity contribution >= 4 is 5.91 Å². The highest BCUT2D eigenvalue weighted by Gasteiger charge is 2.32. The average Bonchev–Trinajstić information content (AvgIpc) is 3.04. The van der Waals surface area contributed by atoms with Crippen LogP contribution in [-0.4, -0.2) is 32.2 Å². The van der Waals surface area contributed by atoms with E-state index in [9.17, 15) is 18.0 Å². The molecule has 1 aromatic rings. The first-order chi connectivity index (χ1) is 11.2. The third-order valence-corrected chi connectivity index (χ3v) is 4.21. The Balaban J connectivity index is 1.89. The van der Waals surface area contributed by atoms with Crippen LogP contribution < -0.4 is 10.6 Å². The molecule has 1 heterocycles. The second kappa shape index (κ2) is 7.53. The molecule has 0 saturated carbocycles. The number of nitrogens with one attached hydrogen (secondary N) is 2. The Kier molecular flexibility index (Phi) is 5.87. The van der Waals surface area contributed by atoms with Crippen molar-refractivity contribution in [2.75, 3.05) is 26.3 Å². The molecule has 0 aliphatic carbocycles. The van der Waals surface area contributed by atoms with E-state index < -0.39 is 17.3 Å². The van der Waals surface area contributed by atoms with Crippen molar-refractivity contribution < 1.29 is 22.7 Å². The molecule has 4 nitrogen and oxygen atoms in total. The molecule has 1 amide bonds. The molecule has 1 aliphatic rings. The first kappa shape index (κ1) is 18.7. The lowest BCUT2D eigenvalue weighted by molar-refractivity contribution is -0.137. The maximum Gasteiger partial charge on any atom is 0.416 e. The van der Waals surface area contributed by atoms with Crippen LogP contribution in [0.1, 0.15) is 31.4 Å². The van der Waals surface area contributed by atoms with E-state index in [-0.39, 0.29) is 12.5 Å². The monoisotopic (exact) mass is 344 g/mol. The lowest BCUT2D eigenvalue weighted by Crippen LogP contribution is -2.44. The average molecular weight is 344 g/mol. The van der Waals surface area contributed by atoms with Crippen molar-refractivity contribution in [3.05, 3.63) is 35.4 Å². The van der Waals surface area contributed by atoms with Crippen LogP contribution in [0.15, 0.2) is 24.3 Å². The lowest BCUT2D eigenvalue weighted by Gasteiger charge is -2.27. The van der Waals surface area contributed by atoms with Gasteiger partial charge in [0, 0.05) is 24.6 Å². The molecule has 1 atom stereocenters. The Hall–Kier alpha value is -1.60. The van der Waals surface area contributed by atoms with Gasteiger partial charge in [0.1, 0.15) is 0 Å². The number of alkyl halides is 3. The molecule has 0 radical (unpaired) electrons. The molecule has 0 aromatic heterocycles. The molecule has 1 aliphatic heterocycles. The topological polar surface area (TPSA) is 50.4 Å². The summed E-state index contributed by atoms with van der Waals surface area (Å²) in [6, 6.07) is 5.15. The molecule has 134 valence electrons. The molecule has 0 bridgehead atoms. The van der Waals surface area contributed by atoms with Gasteiger partial charge >= 0.3 is 6.18 Å². The molecule has 1 saturated heterocycles. The van der Waals surface area contributed by atoms with Crippen LogP contribution >= 0.6 is 0 Å². The van der Waals surface area contributed by atoms with E-state index in [1.807, 2.05) is 0 Å². The van der Waals surface area contributed by atoms with Crippen molar-refractivity contribution in [2.24, 2.45) is 5.92 Å². The third-order valence-electron chi connectivity index (χ3n) is 4.21. The van der Waals surface area contributed by atoms with Crippen LogP contribution in [0.2, 0.25) is 0 Å². The van der Waals surface area contributed by atoms with E-state index in [4.69, 9.17) is 4.74 Å². The minimum Gasteiger partial charge on any atom is -0.381 e. The van der Waals surface area contributed by atoms with Gasteiger partial charge in [-0.25, -0.2) is 0 Å². The van der Waals surface area contributed by atoms with Crippen LogP contribution in [0.5, 0.6) is 0 Å². The number of ether oxygens (including phenoxy) is 1. The van der Waals surface area contributed by atoms with Gasteiger partial charge in [-0.3, -0.25) is 10.1 Å². The Bertz CT molecular complexity index is 567. The fourth-order valence-corrected chi connectivity index (χ4v) is 2.55.